The van der Waals surface area contributed by atoms with Crippen LogP contribution < -0.4 is 0 Å². The summed E-state index contributed by atoms with van der Waals surface area (Å²) in [6.45, 7) is 4.69. The van der Waals surface area contributed by atoms with Gasteiger partial charge in [-0.15, -0.1) is 0 Å². The van der Waals surface area contributed by atoms with Crippen molar-refractivity contribution in [2.45, 2.75) is 46.0 Å². The number of hydrogen-bond donors (Lipinski definition) is 1. The molecule has 16 heavy (non-hydrogen) atoms. The fraction of sp³-hybridized carbons (Fsp3) is 0.600. The molecule has 0 amide bonds. The van der Waals surface area contributed by atoms with Gasteiger partial charge in [0.25, 0.3) is 0 Å². The molecule has 0 bridgehead atoms. The Labute approximate surface area is 99.5 Å². The Morgan fingerprint density at radius 1 is 1.12 bits per heavy atom. The summed E-state index contributed by atoms with van der Waals surface area (Å²) in [6.07, 6.45) is 5.76. The molecule has 0 heterocycles. The molecule has 0 aliphatic carbocycles. The molecule has 0 radical (unpaired) electrons. The van der Waals surface area contributed by atoms with Gasteiger partial charge in [-0.25, -0.2) is 0 Å². The monoisotopic (exact) mass is 220 g/mol. The van der Waals surface area contributed by atoms with Gasteiger partial charge in [0.2, 0.25) is 0 Å². The molecule has 0 fully saturated rings. The van der Waals surface area contributed by atoms with E-state index in [1.807, 2.05) is 0 Å². The Morgan fingerprint density at radius 2 is 1.81 bits per heavy atom. The summed E-state index contributed by atoms with van der Waals surface area (Å²) < 4.78 is 0. The molecule has 1 rings (SSSR count). The van der Waals surface area contributed by atoms with E-state index in [9.17, 15) is 0 Å². The minimum atomic E-state index is 0.327. The Hall–Kier alpha value is -0.820. The lowest BCUT2D eigenvalue weighted by Gasteiger charge is -2.15. The highest BCUT2D eigenvalue weighted by Gasteiger charge is 2.08. The Balaban J connectivity index is 2.49. The van der Waals surface area contributed by atoms with E-state index in [-0.39, 0.29) is 0 Å². The summed E-state index contributed by atoms with van der Waals surface area (Å²) in [5, 5.41) is 8.89. The summed E-state index contributed by atoms with van der Waals surface area (Å²) >= 11 is 0. The number of benzene rings is 1. The van der Waals surface area contributed by atoms with Crippen LogP contribution in [0.15, 0.2) is 24.3 Å². The maximum absolute atomic E-state index is 8.89. The maximum Gasteiger partial charge on any atom is 0.0431 e. The number of aryl methyl sites for hydroxylation is 1. The van der Waals surface area contributed by atoms with Gasteiger partial charge < -0.3 is 5.11 Å². The van der Waals surface area contributed by atoms with Crippen LogP contribution in [0.25, 0.3) is 0 Å². The Kier molecular flexibility index (Phi) is 6.17. The highest BCUT2D eigenvalue weighted by molar-refractivity contribution is 5.21. The minimum absolute atomic E-state index is 0.327. The van der Waals surface area contributed by atoms with Gasteiger partial charge in [0.1, 0.15) is 0 Å². The second-order valence-corrected chi connectivity index (χ2v) is 4.71. The SMILES string of the molecule is CCC[C@H](CCCO)Cc1ccc(C)cc1. The molecule has 1 aromatic rings. The highest BCUT2D eigenvalue weighted by atomic mass is 16.2. The molecule has 0 saturated carbocycles. The van der Waals surface area contributed by atoms with Crippen LogP contribution in [0, 0.1) is 12.8 Å². The van der Waals surface area contributed by atoms with E-state index in [1.165, 1.54) is 24.0 Å². The molecule has 1 atom stereocenters. The molecule has 1 N–H and O–H groups in total. The molecular weight excluding hydrogens is 196 g/mol. The first kappa shape index (κ1) is 13.2. The third kappa shape index (κ3) is 4.80. The molecule has 0 aliphatic heterocycles. The van der Waals surface area contributed by atoms with Crippen molar-refractivity contribution in [2.75, 3.05) is 6.61 Å². The fourth-order valence-corrected chi connectivity index (χ4v) is 2.19. The first-order valence-corrected chi connectivity index (χ1v) is 6.42. The molecule has 1 heteroatoms. The van der Waals surface area contributed by atoms with Gasteiger partial charge in [0.05, 0.1) is 0 Å². The van der Waals surface area contributed by atoms with Crippen LogP contribution in [0.3, 0.4) is 0 Å². The number of aliphatic hydroxyl groups excluding tert-OH is 1. The van der Waals surface area contributed by atoms with Gasteiger partial charge in [0, 0.05) is 6.61 Å². The smallest absolute Gasteiger partial charge is 0.0431 e. The second kappa shape index (κ2) is 7.45. The van der Waals surface area contributed by atoms with Crippen molar-refractivity contribution in [3.05, 3.63) is 35.4 Å². The quantitative estimate of drug-likeness (QED) is 0.742. The third-order valence-electron chi connectivity index (χ3n) is 3.11. The van der Waals surface area contributed by atoms with E-state index in [0.717, 1.165) is 25.2 Å². The average Bonchev–Trinajstić information content (AvgIpc) is 2.29. The molecular formula is C15H24O. The van der Waals surface area contributed by atoms with Gasteiger partial charge >= 0.3 is 0 Å². The summed E-state index contributed by atoms with van der Waals surface area (Å²) in [4.78, 5) is 0. The topological polar surface area (TPSA) is 20.2 Å². The molecule has 1 aromatic carbocycles. The van der Waals surface area contributed by atoms with Crippen LogP contribution in [-0.2, 0) is 6.42 Å². The van der Waals surface area contributed by atoms with Crippen molar-refractivity contribution < 1.29 is 5.11 Å². The summed E-state index contributed by atoms with van der Waals surface area (Å²) in [7, 11) is 0. The van der Waals surface area contributed by atoms with E-state index in [1.54, 1.807) is 0 Å². The van der Waals surface area contributed by atoms with Crippen LogP contribution in [0.1, 0.15) is 43.7 Å². The van der Waals surface area contributed by atoms with Gasteiger partial charge in [-0.2, -0.15) is 0 Å². The van der Waals surface area contributed by atoms with Crippen molar-refractivity contribution >= 4 is 0 Å². The van der Waals surface area contributed by atoms with Crippen LogP contribution in [0.2, 0.25) is 0 Å². The lowest BCUT2D eigenvalue weighted by molar-refractivity contribution is 0.267. The molecule has 0 unspecified atom stereocenters. The van der Waals surface area contributed by atoms with Crippen molar-refractivity contribution in [3.63, 3.8) is 0 Å². The second-order valence-electron chi connectivity index (χ2n) is 4.71. The molecule has 0 saturated heterocycles. The highest BCUT2D eigenvalue weighted by Crippen LogP contribution is 2.19. The van der Waals surface area contributed by atoms with Gasteiger partial charge in [-0.1, -0.05) is 49.6 Å². The van der Waals surface area contributed by atoms with Gasteiger partial charge in [0.15, 0.2) is 0 Å². The zero-order valence-electron chi connectivity index (χ0n) is 10.6. The molecule has 0 spiro atoms. The Morgan fingerprint density at radius 3 is 2.38 bits per heavy atom. The fourth-order valence-electron chi connectivity index (χ4n) is 2.19. The van der Waals surface area contributed by atoms with Crippen LogP contribution in [-0.4, -0.2) is 11.7 Å². The summed E-state index contributed by atoms with van der Waals surface area (Å²) in [6, 6.07) is 8.84. The average molecular weight is 220 g/mol. The van der Waals surface area contributed by atoms with Crippen LogP contribution >= 0.6 is 0 Å². The zero-order valence-corrected chi connectivity index (χ0v) is 10.6. The molecule has 90 valence electrons. The van der Waals surface area contributed by atoms with E-state index in [4.69, 9.17) is 5.11 Å². The zero-order chi connectivity index (χ0) is 11.8. The van der Waals surface area contributed by atoms with Crippen LogP contribution in [0.5, 0.6) is 0 Å². The van der Waals surface area contributed by atoms with Crippen molar-refractivity contribution in [1.29, 1.82) is 0 Å². The predicted molar refractivity (Wildman–Crippen MR) is 69.6 cm³/mol. The first-order chi connectivity index (χ1) is 7.76. The maximum atomic E-state index is 8.89. The van der Waals surface area contributed by atoms with E-state index in [2.05, 4.69) is 38.1 Å². The van der Waals surface area contributed by atoms with Crippen molar-refractivity contribution in [1.82, 2.24) is 0 Å². The third-order valence-corrected chi connectivity index (χ3v) is 3.11. The lowest BCUT2D eigenvalue weighted by Crippen LogP contribution is -2.05. The Bertz CT molecular complexity index is 276. The molecule has 0 aliphatic rings. The van der Waals surface area contributed by atoms with E-state index < -0.39 is 0 Å². The number of hydrogen-bond acceptors (Lipinski definition) is 1. The van der Waals surface area contributed by atoms with Crippen LogP contribution in [0.4, 0.5) is 0 Å². The minimum Gasteiger partial charge on any atom is -0.396 e. The largest absolute Gasteiger partial charge is 0.396 e. The summed E-state index contributed by atoms with van der Waals surface area (Å²) in [5.74, 6) is 0.736. The number of aliphatic hydroxyl groups is 1. The van der Waals surface area contributed by atoms with Gasteiger partial charge in [-0.05, 0) is 37.7 Å². The molecule has 0 aromatic heterocycles. The van der Waals surface area contributed by atoms with Gasteiger partial charge in [-0.3, -0.25) is 0 Å². The lowest BCUT2D eigenvalue weighted by atomic mass is 9.91. The predicted octanol–water partition coefficient (Wildman–Crippen LogP) is 3.73. The standard InChI is InChI=1S/C15H24O/c1-3-5-14(6-4-11-16)12-15-9-7-13(2)8-10-15/h7-10,14,16H,3-6,11-12H2,1-2H3/t14-/m1/s1. The summed E-state index contributed by atoms with van der Waals surface area (Å²) in [5.41, 5.74) is 2.76. The van der Waals surface area contributed by atoms with E-state index in [0.29, 0.717) is 6.61 Å². The van der Waals surface area contributed by atoms with E-state index >= 15 is 0 Å². The van der Waals surface area contributed by atoms with Crippen molar-refractivity contribution in [2.24, 2.45) is 5.92 Å². The first-order valence-electron chi connectivity index (χ1n) is 6.42. The van der Waals surface area contributed by atoms with Crippen molar-refractivity contribution in [3.8, 4) is 0 Å². The number of rotatable bonds is 7. The molecule has 1 nitrogen and oxygen atoms in total. The normalized spacial score (nSPS) is 12.7.